The van der Waals surface area contributed by atoms with E-state index in [1.54, 1.807) is 25.1 Å². The first kappa shape index (κ1) is 13.3. The van der Waals surface area contributed by atoms with Crippen molar-refractivity contribution in [1.82, 2.24) is 0 Å². The van der Waals surface area contributed by atoms with Crippen LogP contribution < -0.4 is 5.32 Å². The molecule has 1 heterocycles. The number of benzene rings is 1. The SMILES string of the molecule is C=C(CC)C1(C(=O)OCC)Nc2ccccc2C1=O. The monoisotopic (exact) mass is 259 g/mol. The summed E-state index contributed by atoms with van der Waals surface area (Å²) in [5.41, 5.74) is 0.210. The van der Waals surface area contributed by atoms with E-state index in [4.69, 9.17) is 4.74 Å². The van der Waals surface area contributed by atoms with Crippen molar-refractivity contribution in [2.24, 2.45) is 0 Å². The summed E-state index contributed by atoms with van der Waals surface area (Å²) in [6.07, 6.45) is 0.519. The van der Waals surface area contributed by atoms with Crippen LogP contribution in [0.1, 0.15) is 30.6 Å². The summed E-state index contributed by atoms with van der Waals surface area (Å²) in [5, 5.41) is 3.01. The van der Waals surface area contributed by atoms with Gasteiger partial charge < -0.3 is 10.1 Å². The van der Waals surface area contributed by atoms with Crippen LogP contribution >= 0.6 is 0 Å². The Kier molecular flexibility index (Phi) is 3.42. The molecule has 2 rings (SSSR count). The molecule has 0 bridgehead atoms. The number of hydrogen-bond acceptors (Lipinski definition) is 4. The fraction of sp³-hybridized carbons (Fsp3) is 0.333. The van der Waals surface area contributed by atoms with Gasteiger partial charge in [-0.05, 0) is 31.1 Å². The molecule has 0 saturated carbocycles. The summed E-state index contributed by atoms with van der Waals surface area (Å²) in [7, 11) is 0. The molecule has 19 heavy (non-hydrogen) atoms. The van der Waals surface area contributed by atoms with E-state index in [0.717, 1.165) is 0 Å². The van der Waals surface area contributed by atoms with Crippen LogP contribution in [0, 0.1) is 0 Å². The molecule has 0 radical (unpaired) electrons. The van der Waals surface area contributed by atoms with Gasteiger partial charge in [-0.3, -0.25) is 4.79 Å². The Bertz CT molecular complexity index is 550. The third-order valence-corrected chi connectivity index (χ3v) is 3.37. The molecule has 4 heteroatoms. The predicted molar refractivity (Wildman–Crippen MR) is 73.2 cm³/mol. The third kappa shape index (κ3) is 1.84. The molecule has 0 aliphatic carbocycles. The van der Waals surface area contributed by atoms with Gasteiger partial charge in [0.1, 0.15) is 0 Å². The molecule has 1 aliphatic rings. The molecule has 1 aromatic rings. The summed E-state index contributed by atoms with van der Waals surface area (Å²) < 4.78 is 5.07. The molecular weight excluding hydrogens is 242 g/mol. The zero-order chi connectivity index (χ0) is 14.0. The first-order valence-electron chi connectivity index (χ1n) is 6.35. The number of anilines is 1. The lowest BCUT2D eigenvalue weighted by Crippen LogP contribution is -2.52. The third-order valence-electron chi connectivity index (χ3n) is 3.37. The quantitative estimate of drug-likeness (QED) is 0.513. The van der Waals surface area contributed by atoms with Gasteiger partial charge >= 0.3 is 5.97 Å². The summed E-state index contributed by atoms with van der Waals surface area (Å²) in [6.45, 7) is 7.68. The molecule has 0 saturated heterocycles. The topological polar surface area (TPSA) is 55.4 Å². The van der Waals surface area contributed by atoms with Crippen molar-refractivity contribution in [1.29, 1.82) is 0 Å². The maximum atomic E-state index is 12.6. The number of carbonyl (C=O) groups is 2. The second-order valence-electron chi connectivity index (χ2n) is 4.43. The molecule has 0 amide bonds. The average Bonchev–Trinajstić information content (AvgIpc) is 2.73. The second-order valence-corrected chi connectivity index (χ2v) is 4.43. The Hall–Kier alpha value is -2.10. The van der Waals surface area contributed by atoms with Crippen molar-refractivity contribution < 1.29 is 14.3 Å². The van der Waals surface area contributed by atoms with Crippen molar-refractivity contribution in [3.63, 3.8) is 0 Å². The van der Waals surface area contributed by atoms with Gasteiger partial charge in [-0.15, -0.1) is 0 Å². The van der Waals surface area contributed by atoms with Gasteiger partial charge in [-0.1, -0.05) is 25.6 Å². The molecular formula is C15H17NO3. The average molecular weight is 259 g/mol. The van der Waals surface area contributed by atoms with E-state index in [2.05, 4.69) is 11.9 Å². The lowest BCUT2D eigenvalue weighted by molar-refractivity contribution is -0.145. The number of nitrogens with one attached hydrogen (secondary N) is 1. The van der Waals surface area contributed by atoms with Gasteiger partial charge in [0.15, 0.2) is 0 Å². The number of rotatable bonds is 4. The highest BCUT2D eigenvalue weighted by Gasteiger charge is 2.54. The van der Waals surface area contributed by atoms with E-state index in [9.17, 15) is 9.59 Å². The van der Waals surface area contributed by atoms with Gasteiger partial charge in [-0.25, -0.2) is 4.79 Å². The van der Waals surface area contributed by atoms with E-state index in [1.165, 1.54) is 0 Å². The van der Waals surface area contributed by atoms with Crippen LogP contribution in [0.25, 0.3) is 0 Å². The van der Waals surface area contributed by atoms with Gasteiger partial charge in [-0.2, -0.15) is 0 Å². The molecule has 4 nitrogen and oxygen atoms in total. The van der Waals surface area contributed by atoms with E-state index in [1.807, 2.05) is 13.0 Å². The van der Waals surface area contributed by atoms with E-state index in [-0.39, 0.29) is 12.4 Å². The maximum Gasteiger partial charge on any atom is 0.344 e. The summed E-state index contributed by atoms with van der Waals surface area (Å²) in [4.78, 5) is 24.9. The Balaban J connectivity index is 2.52. The smallest absolute Gasteiger partial charge is 0.344 e. The fourth-order valence-electron chi connectivity index (χ4n) is 2.29. The summed E-state index contributed by atoms with van der Waals surface area (Å²) in [6, 6.07) is 7.06. The fourth-order valence-corrected chi connectivity index (χ4v) is 2.29. The molecule has 0 fully saturated rings. The number of para-hydroxylation sites is 1. The van der Waals surface area contributed by atoms with Crippen LogP contribution in [-0.2, 0) is 9.53 Å². The zero-order valence-electron chi connectivity index (χ0n) is 11.2. The van der Waals surface area contributed by atoms with Gasteiger partial charge in [0.2, 0.25) is 11.3 Å². The van der Waals surface area contributed by atoms with Crippen molar-refractivity contribution in [3.8, 4) is 0 Å². The molecule has 1 unspecified atom stereocenters. The number of ketones is 1. The minimum atomic E-state index is -1.46. The van der Waals surface area contributed by atoms with Crippen LogP contribution in [0.3, 0.4) is 0 Å². The lowest BCUT2D eigenvalue weighted by atomic mass is 9.85. The van der Waals surface area contributed by atoms with Gasteiger partial charge in [0.05, 0.1) is 6.61 Å². The first-order chi connectivity index (χ1) is 9.07. The van der Waals surface area contributed by atoms with Crippen molar-refractivity contribution >= 4 is 17.4 Å². The number of fused-ring (bicyclic) bond motifs is 1. The second kappa shape index (κ2) is 4.88. The molecule has 1 aliphatic heterocycles. The van der Waals surface area contributed by atoms with Gasteiger partial charge in [0, 0.05) is 11.3 Å². The van der Waals surface area contributed by atoms with Crippen LogP contribution in [-0.4, -0.2) is 23.9 Å². The van der Waals surface area contributed by atoms with Crippen LogP contribution in [0.15, 0.2) is 36.4 Å². The number of ether oxygens (including phenoxy) is 1. The van der Waals surface area contributed by atoms with E-state index >= 15 is 0 Å². The predicted octanol–water partition coefficient (Wildman–Crippen LogP) is 2.56. The molecule has 0 aromatic heterocycles. The Morgan fingerprint density at radius 1 is 1.37 bits per heavy atom. The van der Waals surface area contributed by atoms with Crippen LogP contribution in [0.2, 0.25) is 0 Å². The van der Waals surface area contributed by atoms with Crippen molar-refractivity contribution in [2.75, 3.05) is 11.9 Å². The number of Topliss-reactive ketones (excluding diaryl/α,β-unsaturated/α-hetero) is 1. The Morgan fingerprint density at radius 3 is 2.63 bits per heavy atom. The summed E-state index contributed by atoms with van der Waals surface area (Å²) >= 11 is 0. The molecule has 100 valence electrons. The Labute approximate surface area is 112 Å². The first-order valence-corrected chi connectivity index (χ1v) is 6.35. The minimum absolute atomic E-state index is 0.225. The van der Waals surface area contributed by atoms with E-state index in [0.29, 0.717) is 23.2 Å². The zero-order valence-corrected chi connectivity index (χ0v) is 11.2. The highest BCUT2D eigenvalue weighted by atomic mass is 16.5. The lowest BCUT2D eigenvalue weighted by Gasteiger charge is -2.27. The molecule has 1 aromatic carbocycles. The van der Waals surface area contributed by atoms with E-state index < -0.39 is 11.5 Å². The highest BCUT2D eigenvalue weighted by Crippen LogP contribution is 2.38. The molecule has 1 N–H and O–H groups in total. The van der Waals surface area contributed by atoms with Crippen molar-refractivity contribution in [3.05, 3.63) is 42.0 Å². The number of carbonyl (C=O) groups excluding carboxylic acids is 2. The summed E-state index contributed by atoms with van der Waals surface area (Å²) in [5.74, 6) is -0.864. The molecule has 0 spiro atoms. The Morgan fingerprint density at radius 2 is 2.05 bits per heavy atom. The van der Waals surface area contributed by atoms with Crippen LogP contribution in [0.5, 0.6) is 0 Å². The minimum Gasteiger partial charge on any atom is -0.464 e. The van der Waals surface area contributed by atoms with Crippen LogP contribution in [0.4, 0.5) is 5.69 Å². The highest BCUT2D eigenvalue weighted by molar-refractivity contribution is 6.26. The normalized spacial score (nSPS) is 20.6. The molecule has 1 atom stereocenters. The van der Waals surface area contributed by atoms with Gasteiger partial charge in [0.25, 0.3) is 0 Å². The number of esters is 1. The number of hydrogen-bond donors (Lipinski definition) is 1. The largest absolute Gasteiger partial charge is 0.464 e. The maximum absolute atomic E-state index is 12.6. The van der Waals surface area contributed by atoms with Crippen molar-refractivity contribution in [2.45, 2.75) is 25.8 Å². The standard InChI is InChI=1S/C15H17NO3/c1-4-10(3)15(14(18)19-5-2)13(17)11-8-6-7-9-12(11)16-15/h6-9,16H,3-5H2,1-2H3.